The molecule has 6 nitrogen and oxygen atoms in total. The lowest BCUT2D eigenvalue weighted by molar-refractivity contribution is 0.0865. The van der Waals surface area contributed by atoms with Gasteiger partial charge in [0.1, 0.15) is 5.69 Å². The van der Waals surface area contributed by atoms with Crippen molar-refractivity contribution in [1.82, 2.24) is 15.5 Å². The first-order valence-corrected chi connectivity index (χ1v) is 4.50. The van der Waals surface area contributed by atoms with Crippen LogP contribution in [0.5, 0.6) is 0 Å². The van der Waals surface area contributed by atoms with E-state index in [1.54, 1.807) is 7.11 Å². The fourth-order valence-corrected chi connectivity index (χ4v) is 0.881. The Hall–Kier alpha value is -1.69. The SMILES string of the molecule is COC(C)CNC(=O)c1ccc(=O)[nH]n1. The van der Waals surface area contributed by atoms with E-state index in [9.17, 15) is 9.59 Å². The highest BCUT2D eigenvalue weighted by Crippen LogP contribution is 1.90. The van der Waals surface area contributed by atoms with Crippen molar-refractivity contribution >= 4 is 5.91 Å². The predicted octanol–water partition coefficient (Wildman–Crippen LogP) is -0.465. The van der Waals surface area contributed by atoms with Crippen LogP contribution < -0.4 is 10.9 Å². The lowest BCUT2D eigenvalue weighted by Crippen LogP contribution is -2.32. The number of carbonyl (C=O) groups is 1. The molecular weight excluding hydrogens is 198 g/mol. The summed E-state index contributed by atoms with van der Waals surface area (Å²) in [5.41, 5.74) is -0.158. The van der Waals surface area contributed by atoms with Gasteiger partial charge in [0.05, 0.1) is 6.10 Å². The Morgan fingerprint density at radius 1 is 1.67 bits per heavy atom. The molecule has 0 aliphatic carbocycles. The molecular formula is C9H13N3O3. The van der Waals surface area contributed by atoms with Crippen LogP contribution in [0.4, 0.5) is 0 Å². The van der Waals surface area contributed by atoms with Crippen LogP contribution in [0, 0.1) is 0 Å². The molecule has 0 saturated carbocycles. The highest BCUT2D eigenvalue weighted by atomic mass is 16.5. The van der Waals surface area contributed by atoms with Gasteiger partial charge in [-0.15, -0.1) is 0 Å². The van der Waals surface area contributed by atoms with E-state index in [-0.39, 0.29) is 23.3 Å². The van der Waals surface area contributed by atoms with Crippen molar-refractivity contribution in [3.8, 4) is 0 Å². The second-order valence-corrected chi connectivity index (χ2v) is 3.06. The van der Waals surface area contributed by atoms with Gasteiger partial charge in [0.2, 0.25) is 0 Å². The van der Waals surface area contributed by atoms with Crippen molar-refractivity contribution in [2.45, 2.75) is 13.0 Å². The molecule has 1 aromatic rings. The van der Waals surface area contributed by atoms with E-state index in [4.69, 9.17) is 4.74 Å². The van der Waals surface area contributed by atoms with E-state index in [0.29, 0.717) is 6.54 Å². The van der Waals surface area contributed by atoms with Crippen LogP contribution >= 0.6 is 0 Å². The number of hydrogen-bond acceptors (Lipinski definition) is 4. The van der Waals surface area contributed by atoms with Crippen molar-refractivity contribution in [1.29, 1.82) is 0 Å². The third kappa shape index (κ3) is 3.51. The topological polar surface area (TPSA) is 84.1 Å². The van der Waals surface area contributed by atoms with E-state index in [2.05, 4.69) is 15.5 Å². The molecule has 15 heavy (non-hydrogen) atoms. The van der Waals surface area contributed by atoms with E-state index in [0.717, 1.165) is 0 Å². The molecule has 0 aromatic carbocycles. The Morgan fingerprint density at radius 3 is 2.93 bits per heavy atom. The molecule has 0 aliphatic heterocycles. The number of hydrogen-bond donors (Lipinski definition) is 2. The monoisotopic (exact) mass is 211 g/mol. The zero-order valence-corrected chi connectivity index (χ0v) is 8.61. The van der Waals surface area contributed by atoms with Gasteiger partial charge in [-0.2, -0.15) is 5.10 Å². The fourth-order valence-electron chi connectivity index (χ4n) is 0.881. The number of amides is 1. The van der Waals surface area contributed by atoms with Gasteiger partial charge < -0.3 is 10.1 Å². The Bertz CT molecular complexity index is 368. The summed E-state index contributed by atoms with van der Waals surface area (Å²) in [6, 6.07) is 2.62. The summed E-state index contributed by atoms with van der Waals surface area (Å²) in [7, 11) is 1.56. The maximum atomic E-state index is 11.4. The number of ether oxygens (including phenoxy) is 1. The van der Waals surface area contributed by atoms with Gasteiger partial charge >= 0.3 is 0 Å². The number of methoxy groups -OCH3 is 1. The molecule has 0 radical (unpaired) electrons. The lowest BCUT2D eigenvalue weighted by atomic mass is 10.3. The van der Waals surface area contributed by atoms with Crippen molar-refractivity contribution in [3.05, 3.63) is 28.2 Å². The minimum absolute atomic E-state index is 0.0586. The zero-order valence-electron chi connectivity index (χ0n) is 8.61. The maximum absolute atomic E-state index is 11.4. The standard InChI is InChI=1S/C9H13N3O3/c1-6(15-2)5-10-9(14)7-3-4-8(13)12-11-7/h3-4,6H,5H2,1-2H3,(H,10,14)(H,12,13). The number of nitrogens with one attached hydrogen (secondary N) is 2. The van der Waals surface area contributed by atoms with Gasteiger partial charge in [0.25, 0.3) is 11.5 Å². The average molecular weight is 211 g/mol. The number of nitrogens with zero attached hydrogens (tertiary/aromatic N) is 1. The average Bonchev–Trinajstić information content (AvgIpc) is 2.26. The normalized spacial score (nSPS) is 12.1. The smallest absolute Gasteiger partial charge is 0.271 e. The molecule has 1 heterocycles. The summed E-state index contributed by atoms with van der Waals surface area (Å²) in [5, 5.41) is 8.40. The lowest BCUT2D eigenvalue weighted by Gasteiger charge is -2.09. The Morgan fingerprint density at radius 2 is 2.40 bits per heavy atom. The zero-order chi connectivity index (χ0) is 11.3. The van der Waals surface area contributed by atoms with E-state index in [1.807, 2.05) is 6.92 Å². The summed E-state index contributed by atoms with van der Waals surface area (Å²) in [4.78, 5) is 22.1. The Balaban J connectivity index is 2.54. The molecule has 0 fully saturated rings. The molecule has 1 unspecified atom stereocenters. The van der Waals surface area contributed by atoms with Crippen LogP contribution in [0.15, 0.2) is 16.9 Å². The molecule has 2 N–H and O–H groups in total. The summed E-state index contributed by atoms with van der Waals surface area (Å²) >= 11 is 0. The van der Waals surface area contributed by atoms with E-state index >= 15 is 0 Å². The first kappa shape index (κ1) is 11.4. The summed E-state index contributed by atoms with van der Waals surface area (Å²) in [5.74, 6) is -0.338. The van der Waals surface area contributed by atoms with Gasteiger partial charge in [-0.1, -0.05) is 0 Å². The second kappa shape index (κ2) is 5.26. The van der Waals surface area contributed by atoms with Crippen LogP contribution in [0.3, 0.4) is 0 Å². The van der Waals surface area contributed by atoms with Crippen LogP contribution in [-0.4, -0.2) is 35.9 Å². The summed E-state index contributed by atoms with van der Waals surface area (Å²) in [6.07, 6.45) is -0.0586. The molecule has 0 saturated heterocycles. The van der Waals surface area contributed by atoms with Gasteiger partial charge in [-0.3, -0.25) is 9.59 Å². The van der Waals surface area contributed by atoms with E-state index in [1.165, 1.54) is 12.1 Å². The molecule has 1 amide bonds. The molecule has 1 aromatic heterocycles. The maximum Gasteiger partial charge on any atom is 0.271 e. The van der Waals surface area contributed by atoms with Crippen molar-refractivity contribution < 1.29 is 9.53 Å². The molecule has 1 rings (SSSR count). The molecule has 0 spiro atoms. The van der Waals surface area contributed by atoms with Crippen molar-refractivity contribution in [3.63, 3.8) is 0 Å². The van der Waals surface area contributed by atoms with Crippen molar-refractivity contribution in [2.75, 3.05) is 13.7 Å². The number of carbonyl (C=O) groups excluding carboxylic acids is 1. The highest BCUT2D eigenvalue weighted by molar-refractivity contribution is 5.91. The van der Waals surface area contributed by atoms with Gasteiger partial charge in [0.15, 0.2) is 0 Å². The molecule has 6 heteroatoms. The van der Waals surface area contributed by atoms with Gasteiger partial charge in [-0.05, 0) is 13.0 Å². The fraction of sp³-hybridized carbons (Fsp3) is 0.444. The molecule has 0 aliphatic rings. The first-order chi connectivity index (χ1) is 7.13. The Kier molecular flexibility index (Phi) is 3.99. The third-order valence-corrected chi connectivity index (χ3v) is 1.86. The van der Waals surface area contributed by atoms with Gasteiger partial charge in [0, 0.05) is 19.7 Å². The quantitative estimate of drug-likeness (QED) is 0.705. The molecule has 1 atom stereocenters. The highest BCUT2D eigenvalue weighted by Gasteiger charge is 2.08. The predicted molar refractivity (Wildman–Crippen MR) is 53.7 cm³/mol. The number of aromatic amines is 1. The minimum Gasteiger partial charge on any atom is -0.380 e. The number of aromatic nitrogens is 2. The van der Waals surface area contributed by atoms with E-state index < -0.39 is 0 Å². The Labute approximate surface area is 86.7 Å². The van der Waals surface area contributed by atoms with Crippen LogP contribution in [0.2, 0.25) is 0 Å². The van der Waals surface area contributed by atoms with Crippen LogP contribution in [-0.2, 0) is 4.74 Å². The molecule has 0 bridgehead atoms. The largest absolute Gasteiger partial charge is 0.380 e. The van der Waals surface area contributed by atoms with Crippen LogP contribution in [0.25, 0.3) is 0 Å². The second-order valence-electron chi connectivity index (χ2n) is 3.06. The minimum atomic E-state index is -0.338. The number of rotatable bonds is 4. The molecule has 82 valence electrons. The first-order valence-electron chi connectivity index (χ1n) is 4.50. The summed E-state index contributed by atoms with van der Waals surface area (Å²) < 4.78 is 4.96. The summed E-state index contributed by atoms with van der Waals surface area (Å²) in [6.45, 7) is 2.23. The number of H-pyrrole nitrogens is 1. The van der Waals surface area contributed by atoms with Crippen molar-refractivity contribution in [2.24, 2.45) is 0 Å². The van der Waals surface area contributed by atoms with Gasteiger partial charge in [-0.25, -0.2) is 5.10 Å². The van der Waals surface area contributed by atoms with Crippen LogP contribution in [0.1, 0.15) is 17.4 Å². The third-order valence-electron chi connectivity index (χ3n) is 1.86.